The Balaban J connectivity index is 2.35. The minimum atomic E-state index is -0.335. The van der Waals surface area contributed by atoms with Crippen molar-refractivity contribution in [3.8, 4) is 0 Å². The van der Waals surface area contributed by atoms with E-state index >= 15 is 0 Å². The molecule has 0 radical (unpaired) electrons. The van der Waals surface area contributed by atoms with Gasteiger partial charge in [-0.15, -0.1) is 0 Å². The molecule has 106 valence electrons. The summed E-state index contributed by atoms with van der Waals surface area (Å²) in [7, 11) is 0. The van der Waals surface area contributed by atoms with Crippen molar-refractivity contribution in [1.29, 1.82) is 0 Å². The number of anilines is 1. The van der Waals surface area contributed by atoms with Gasteiger partial charge in [0.2, 0.25) is 0 Å². The second kappa shape index (κ2) is 6.48. The van der Waals surface area contributed by atoms with Crippen LogP contribution in [0.1, 0.15) is 31.0 Å². The summed E-state index contributed by atoms with van der Waals surface area (Å²) >= 11 is 0. The molecule has 1 atom stereocenters. The highest BCUT2D eigenvalue weighted by Gasteiger charge is 2.16. The molecule has 0 saturated carbocycles. The molecule has 0 spiro atoms. The molecule has 3 nitrogen and oxygen atoms in total. The average molecular weight is 273 g/mol. The predicted molar refractivity (Wildman–Crippen MR) is 80.0 cm³/mol. The summed E-state index contributed by atoms with van der Waals surface area (Å²) in [6, 6.07) is 8.71. The largest absolute Gasteiger partial charge is 0.367 e. The van der Waals surface area contributed by atoms with Gasteiger partial charge < -0.3 is 10.6 Å². The van der Waals surface area contributed by atoms with Gasteiger partial charge in [-0.3, -0.25) is 4.98 Å². The van der Waals surface area contributed by atoms with Crippen LogP contribution in [0.15, 0.2) is 42.7 Å². The zero-order valence-electron chi connectivity index (χ0n) is 11.9. The van der Waals surface area contributed by atoms with Crippen LogP contribution in [0.3, 0.4) is 0 Å². The first kappa shape index (κ1) is 14.5. The van der Waals surface area contributed by atoms with Gasteiger partial charge in [-0.2, -0.15) is 0 Å². The van der Waals surface area contributed by atoms with Crippen LogP contribution in [0.4, 0.5) is 10.1 Å². The fourth-order valence-corrected chi connectivity index (χ4v) is 2.33. The number of pyridine rings is 1. The van der Waals surface area contributed by atoms with Crippen LogP contribution in [-0.2, 0) is 6.54 Å². The van der Waals surface area contributed by atoms with Crippen LogP contribution in [-0.4, -0.2) is 11.5 Å². The Kier molecular flexibility index (Phi) is 4.69. The van der Waals surface area contributed by atoms with Crippen molar-refractivity contribution in [2.24, 2.45) is 5.73 Å². The van der Waals surface area contributed by atoms with Crippen molar-refractivity contribution in [3.63, 3.8) is 0 Å². The Bertz CT molecular complexity index is 555. The maximum absolute atomic E-state index is 14.0. The van der Waals surface area contributed by atoms with Gasteiger partial charge >= 0.3 is 0 Å². The van der Waals surface area contributed by atoms with Crippen molar-refractivity contribution >= 4 is 5.69 Å². The number of hydrogen-bond acceptors (Lipinski definition) is 3. The second-order valence-corrected chi connectivity index (χ2v) is 4.83. The standard InChI is InChI=1S/C16H20FN3/c1-3-20(11-13-7-9-19-10-8-13)15-6-4-5-14(17)16(15)12(2)18/h4-10,12H,3,11,18H2,1-2H3/t12-/m1/s1. The molecule has 1 aromatic heterocycles. The lowest BCUT2D eigenvalue weighted by atomic mass is 10.0. The Hall–Kier alpha value is -1.94. The van der Waals surface area contributed by atoms with Crippen LogP contribution >= 0.6 is 0 Å². The van der Waals surface area contributed by atoms with Gasteiger partial charge in [0, 0.05) is 42.8 Å². The Morgan fingerprint density at radius 3 is 2.55 bits per heavy atom. The molecule has 2 rings (SSSR count). The molecule has 0 unspecified atom stereocenters. The Morgan fingerprint density at radius 2 is 1.95 bits per heavy atom. The van der Waals surface area contributed by atoms with Gasteiger partial charge in [0.15, 0.2) is 0 Å². The first-order valence-electron chi connectivity index (χ1n) is 6.81. The van der Waals surface area contributed by atoms with E-state index in [0.29, 0.717) is 12.1 Å². The van der Waals surface area contributed by atoms with Crippen molar-refractivity contribution in [2.45, 2.75) is 26.4 Å². The number of hydrogen-bond donors (Lipinski definition) is 1. The molecular weight excluding hydrogens is 253 g/mol. The third-order valence-electron chi connectivity index (χ3n) is 3.33. The molecule has 1 heterocycles. The van der Waals surface area contributed by atoms with Gasteiger partial charge in [-0.05, 0) is 43.7 Å². The molecule has 2 aromatic rings. The normalized spacial score (nSPS) is 12.2. The third-order valence-corrected chi connectivity index (χ3v) is 3.33. The predicted octanol–water partition coefficient (Wildman–Crippen LogP) is 3.27. The lowest BCUT2D eigenvalue weighted by Crippen LogP contribution is -2.25. The third kappa shape index (κ3) is 3.14. The monoisotopic (exact) mass is 273 g/mol. The van der Waals surface area contributed by atoms with Crippen LogP contribution < -0.4 is 10.6 Å². The second-order valence-electron chi connectivity index (χ2n) is 4.83. The van der Waals surface area contributed by atoms with Crippen molar-refractivity contribution < 1.29 is 4.39 Å². The molecule has 0 aliphatic rings. The van der Waals surface area contributed by atoms with Crippen LogP contribution in [0.2, 0.25) is 0 Å². The molecule has 4 heteroatoms. The number of nitrogens with two attached hydrogens (primary N) is 1. The SMILES string of the molecule is CCN(Cc1ccncc1)c1cccc(F)c1[C@@H](C)N. The Labute approximate surface area is 119 Å². The zero-order valence-corrected chi connectivity index (χ0v) is 11.9. The van der Waals surface area contributed by atoms with Crippen LogP contribution in [0.25, 0.3) is 0 Å². The van der Waals surface area contributed by atoms with Crippen molar-refractivity contribution in [1.82, 2.24) is 4.98 Å². The van der Waals surface area contributed by atoms with E-state index < -0.39 is 0 Å². The molecule has 0 bridgehead atoms. The number of halogens is 1. The van der Waals surface area contributed by atoms with Crippen LogP contribution in [0, 0.1) is 5.82 Å². The number of benzene rings is 1. The number of nitrogens with zero attached hydrogens (tertiary/aromatic N) is 2. The lowest BCUT2D eigenvalue weighted by molar-refractivity contribution is 0.591. The van der Waals surface area contributed by atoms with E-state index in [2.05, 4.69) is 16.8 Å². The van der Waals surface area contributed by atoms with E-state index in [-0.39, 0.29) is 11.9 Å². The highest BCUT2D eigenvalue weighted by atomic mass is 19.1. The fraction of sp³-hybridized carbons (Fsp3) is 0.312. The zero-order chi connectivity index (χ0) is 14.5. The summed E-state index contributed by atoms with van der Waals surface area (Å²) in [6.45, 7) is 5.35. The van der Waals surface area contributed by atoms with E-state index in [4.69, 9.17) is 5.73 Å². The molecule has 2 N–H and O–H groups in total. The van der Waals surface area contributed by atoms with Gasteiger partial charge in [-0.25, -0.2) is 4.39 Å². The number of aromatic nitrogens is 1. The first-order valence-corrected chi connectivity index (χ1v) is 6.81. The summed E-state index contributed by atoms with van der Waals surface area (Å²) in [4.78, 5) is 6.13. The maximum atomic E-state index is 14.0. The smallest absolute Gasteiger partial charge is 0.130 e. The maximum Gasteiger partial charge on any atom is 0.130 e. The van der Waals surface area contributed by atoms with Crippen molar-refractivity contribution in [3.05, 3.63) is 59.7 Å². The highest BCUT2D eigenvalue weighted by molar-refractivity contribution is 5.55. The molecular formula is C16H20FN3. The molecule has 0 fully saturated rings. The van der Waals surface area contributed by atoms with Gasteiger partial charge in [0.25, 0.3) is 0 Å². The summed E-state index contributed by atoms with van der Waals surface area (Å²) in [5.41, 5.74) is 8.50. The molecule has 0 aliphatic carbocycles. The fourth-order valence-electron chi connectivity index (χ4n) is 2.33. The molecule has 0 saturated heterocycles. The van der Waals surface area contributed by atoms with E-state index in [9.17, 15) is 4.39 Å². The topological polar surface area (TPSA) is 42.2 Å². The molecule has 20 heavy (non-hydrogen) atoms. The average Bonchev–Trinajstić information content (AvgIpc) is 2.45. The summed E-state index contributed by atoms with van der Waals surface area (Å²) in [5.74, 6) is -0.245. The summed E-state index contributed by atoms with van der Waals surface area (Å²) < 4.78 is 14.0. The summed E-state index contributed by atoms with van der Waals surface area (Å²) in [5, 5.41) is 0. The van der Waals surface area contributed by atoms with Crippen LogP contribution in [0.5, 0.6) is 0 Å². The van der Waals surface area contributed by atoms with Gasteiger partial charge in [0.1, 0.15) is 5.82 Å². The minimum Gasteiger partial charge on any atom is -0.367 e. The highest BCUT2D eigenvalue weighted by Crippen LogP contribution is 2.28. The number of rotatable bonds is 5. The minimum absolute atomic E-state index is 0.245. The molecule has 0 aliphatic heterocycles. The van der Waals surface area contributed by atoms with Crippen molar-refractivity contribution in [2.75, 3.05) is 11.4 Å². The first-order chi connectivity index (χ1) is 9.63. The van der Waals surface area contributed by atoms with E-state index in [1.807, 2.05) is 25.1 Å². The van der Waals surface area contributed by atoms with Gasteiger partial charge in [-0.1, -0.05) is 6.07 Å². The van der Waals surface area contributed by atoms with E-state index in [1.54, 1.807) is 18.5 Å². The molecule has 1 aromatic carbocycles. The quantitative estimate of drug-likeness (QED) is 0.909. The van der Waals surface area contributed by atoms with E-state index in [0.717, 1.165) is 17.8 Å². The summed E-state index contributed by atoms with van der Waals surface area (Å²) in [6.07, 6.45) is 3.53. The Morgan fingerprint density at radius 1 is 1.25 bits per heavy atom. The van der Waals surface area contributed by atoms with Gasteiger partial charge in [0.05, 0.1) is 0 Å². The molecule has 0 amide bonds. The van der Waals surface area contributed by atoms with E-state index in [1.165, 1.54) is 6.07 Å². The lowest BCUT2D eigenvalue weighted by Gasteiger charge is -2.27.